The van der Waals surface area contributed by atoms with E-state index in [1.807, 2.05) is 6.92 Å². The van der Waals surface area contributed by atoms with Gasteiger partial charge in [0.15, 0.2) is 0 Å². The lowest BCUT2D eigenvalue weighted by Crippen LogP contribution is -2.39. The van der Waals surface area contributed by atoms with Gasteiger partial charge < -0.3 is 20.5 Å². The summed E-state index contributed by atoms with van der Waals surface area (Å²) in [5, 5.41) is 23.8. The third-order valence-electron chi connectivity index (χ3n) is 3.49. The van der Waals surface area contributed by atoms with Crippen molar-refractivity contribution in [2.45, 2.75) is 39.2 Å². The van der Waals surface area contributed by atoms with E-state index >= 15 is 0 Å². The number of carbonyl (C=O) groups is 2. The van der Waals surface area contributed by atoms with Crippen LogP contribution in [-0.2, 0) is 9.53 Å². The Morgan fingerprint density at radius 2 is 2.04 bits per heavy atom. The van der Waals surface area contributed by atoms with Crippen molar-refractivity contribution in [2.24, 2.45) is 0 Å². The van der Waals surface area contributed by atoms with Gasteiger partial charge in [-0.15, -0.1) is 0 Å². The summed E-state index contributed by atoms with van der Waals surface area (Å²) >= 11 is 0. The molecule has 0 spiro atoms. The van der Waals surface area contributed by atoms with Crippen molar-refractivity contribution >= 4 is 17.6 Å². The molecule has 140 valence electrons. The van der Waals surface area contributed by atoms with Crippen molar-refractivity contribution < 1.29 is 19.4 Å². The number of amides is 1. The maximum absolute atomic E-state index is 12.3. The van der Waals surface area contributed by atoms with Gasteiger partial charge in [0.25, 0.3) is 5.91 Å². The van der Waals surface area contributed by atoms with Crippen LogP contribution in [0.3, 0.4) is 0 Å². The summed E-state index contributed by atoms with van der Waals surface area (Å²) < 4.78 is 5.17. The maximum Gasteiger partial charge on any atom is 0.340 e. The van der Waals surface area contributed by atoms with Crippen molar-refractivity contribution in [1.82, 2.24) is 5.32 Å². The molecule has 0 heterocycles. The molecule has 0 unspecified atom stereocenters. The molecule has 7 heteroatoms. The minimum Gasteiger partial charge on any atom is -0.462 e. The number of benzene rings is 1. The smallest absolute Gasteiger partial charge is 0.340 e. The molecule has 0 aliphatic heterocycles. The van der Waals surface area contributed by atoms with E-state index in [0.29, 0.717) is 6.61 Å². The number of hydrogen-bond donors (Lipinski definition) is 3. The summed E-state index contributed by atoms with van der Waals surface area (Å²) in [5.74, 6) is -1.20. The highest BCUT2D eigenvalue weighted by Gasteiger charge is 2.18. The molecule has 0 atom stereocenters. The quantitative estimate of drug-likeness (QED) is 0.270. The van der Waals surface area contributed by atoms with Gasteiger partial charge in [-0.05, 0) is 32.4 Å². The van der Waals surface area contributed by atoms with Crippen LogP contribution >= 0.6 is 0 Å². The van der Waals surface area contributed by atoms with E-state index in [-0.39, 0.29) is 23.4 Å². The number of hydrogen-bond acceptors (Lipinski definition) is 6. The van der Waals surface area contributed by atoms with Crippen molar-refractivity contribution in [1.29, 1.82) is 5.26 Å². The van der Waals surface area contributed by atoms with Crippen LogP contribution in [-0.4, -0.2) is 35.7 Å². The van der Waals surface area contributed by atoms with E-state index in [1.54, 1.807) is 44.2 Å². The number of nitrogens with one attached hydrogen (secondary N) is 2. The molecule has 0 aliphatic rings. The van der Waals surface area contributed by atoms with Gasteiger partial charge in [0.2, 0.25) is 0 Å². The second kappa shape index (κ2) is 10.2. The lowest BCUT2D eigenvalue weighted by Gasteiger charge is -2.22. The van der Waals surface area contributed by atoms with Gasteiger partial charge in [-0.25, -0.2) is 4.79 Å². The third kappa shape index (κ3) is 6.57. The summed E-state index contributed by atoms with van der Waals surface area (Å²) in [4.78, 5) is 24.5. The summed E-state index contributed by atoms with van der Waals surface area (Å²) in [5.41, 5.74) is -0.372. The van der Waals surface area contributed by atoms with Crippen molar-refractivity contribution in [3.63, 3.8) is 0 Å². The number of rotatable bonds is 9. The number of nitrogens with zero attached hydrogens (tertiary/aromatic N) is 1. The average molecular weight is 359 g/mol. The van der Waals surface area contributed by atoms with Gasteiger partial charge in [-0.3, -0.25) is 4.79 Å². The number of carbonyl (C=O) groups excluding carboxylic acids is 2. The fraction of sp³-hybridized carbons (Fsp3) is 0.421. The van der Waals surface area contributed by atoms with Gasteiger partial charge in [0.1, 0.15) is 11.6 Å². The first-order valence-corrected chi connectivity index (χ1v) is 8.41. The monoisotopic (exact) mass is 359 g/mol. The molecule has 7 nitrogen and oxygen atoms in total. The molecule has 26 heavy (non-hydrogen) atoms. The van der Waals surface area contributed by atoms with E-state index in [0.717, 1.165) is 12.8 Å². The molecule has 0 bridgehead atoms. The Morgan fingerprint density at radius 3 is 2.65 bits per heavy atom. The summed E-state index contributed by atoms with van der Waals surface area (Å²) in [6.07, 6.45) is 2.90. The Hall–Kier alpha value is -2.85. The lowest BCUT2D eigenvalue weighted by atomic mass is 10.1. The van der Waals surface area contributed by atoms with Crippen LogP contribution in [0.1, 0.15) is 44.0 Å². The highest BCUT2D eigenvalue weighted by atomic mass is 16.5. The molecule has 1 aromatic rings. The molecule has 1 aromatic carbocycles. The average Bonchev–Trinajstić information content (AvgIpc) is 2.62. The minimum atomic E-state index is -0.677. The highest BCUT2D eigenvalue weighted by molar-refractivity contribution is 6.09. The molecule has 1 amide bonds. The van der Waals surface area contributed by atoms with E-state index in [1.165, 1.54) is 6.20 Å². The number of aliphatic hydroxyl groups is 1. The number of unbranched alkanes of at least 4 members (excludes halogenated alkanes) is 1. The second-order valence-corrected chi connectivity index (χ2v) is 6.35. The maximum atomic E-state index is 12.3. The number of anilines is 1. The van der Waals surface area contributed by atoms with Gasteiger partial charge in [-0.2, -0.15) is 5.26 Å². The largest absolute Gasteiger partial charge is 0.462 e. The van der Waals surface area contributed by atoms with E-state index in [9.17, 15) is 20.0 Å². The fourth-order valence-corrected chi connectivity index (χ4v) is 1.81. The Bertz CT molecular complexity index is 705. The van der Waals surface area contributed by atoms with E-state index in [4.69, 9.17) is 4.74 Å². The van der Waals surface area contributed by atoms with Crippen LogP contribution in [0.25, 0.3) is 0 Å². The van der Waals surface area contributed by atoms with Crippen molar-refractivity contribution in [2.75, 3.05) is 18.5 Å². The number of nitriles is 1. The number of esters is 1. The predicted octanol–water partition coefficient (Wildman–Crippen LogP) is 2.35. The van der Waals surface area contributed by atoms with Gasteiger partial charge in [0.05, 0.1) is 30.0 Å². The molecule has 0 radical (unpaired) electrons. The molecule has 3 N–H and O–H groups in total. The molecule has 0 aliphatic carbocycles. The van der Waals surface area contributed by atoms with Crippen LogP contribution in [0.15, 0.2) is 36.0 Å². The van der Waals surface area contributed by atoms with Gasteiger partial charge >= 0.3 is 5.97 Å². The standard InChI is InChI=1S/C19H25N3O4/c1-4-5-10-26-18(25)15-8-6-7-9-16(15)22-17(24)14(11-20)12-21-19(2,3)13-23/h6-9,12,21,23H,4-5,10,13H2,1-3H3,(H,22,24)/b14-12-. The molecular formula is C19H25N3O4. The normalized spacial score (nSPS) is 11.4. The van der Waals surface area contributed by atoms with Crippen molar-refractivity contribution in [3.8, 4) is 6.07 Å². The first-order chi connectivity index (χ1) is 12.3. The lowest BCUT2D eigenvalue weighted by molar-refractivity contribution is -0.112. The third-order valence-corrected chi connectivity index (χ3v) is 3.49. The topological polar surface area (TPSA) is 111 Å². The highest BCUT2D eigenvalue weighted by Crippen LogP contribution is 2.17. The van der Waals surface area contributed by atoms with Crippen LogP contribution in [0, 0.1) is 11.3 Å². The summed E-state index contributed by atoms with van der Waals surface area (Å²) in [6, 6.07) is 8.24. The zero-order chi connectivity index (χ0) is 19.6. The molecule has 0 aromatic heterocycles. The zero-order valence-electron chi connectivity index (χ0n) is 15.3. The minimum absolute atomic E-state index is 0.170. The van der Waals surface area contributed by atoms with E-state index < -0.39 is 17.4 Å². The van der Waals surface area contributed by atoms with Gasteiger partial charge in [0, 0.05) is 6.20 Å². The molecule has 1 rings (SSSR count). The summed E-state index contributed by atoms with van der Waals surface area (Å²) in [6.45, 7) is 5.57. The first-order valence-electron chi connectivity index (χ1n) is 8.41. The fourth-order valence-electron chi connectivity index (χ4n) is 1.81. The molecule has 0 saturated carbocycles. The Kier molecular flexibility index (Phi) is 8.32. The Morgan fingerprint density at radius 1 is 1.35 bits per heavy atom. The molecular weight excluding hydrogens is 334 g/mol. The van der Waals surface area contributed by atoms with Crippen LogP contribution in [0.5, 0.6) is 0 Å². The van der Waals surface area contributed by atoms with Gasteiger partial charge in [-0.1, -0.05) is 25.5 Å². The molecule has 0 saturated heterocycles. The predicted molar refractivity (Wildman–Crippen MR) is 98.3 cm³/mol. The van der Waals surface area contributed by atoms with Crippen molar-refractivity contribution in [3.05, 3.63) is 41.6 Å². The first kappa shape index (κ1) is 21.2. The molecule has 0 fully saturated rings. The Labute approximate surface area is 153 Å². The van der Waals surface area contributed by atoms with Crippen LogP contribution in [0.4, 0.5) is 5.69 Å². The van der Waals surface area contributed by atoms with Crippen LogP contribution < -0.4 is 10.6 Å². The number of ether oxygens (including phenoxy) is 1. The summed E-state index contributed by atoms with van der Waals surface area (Å²) in [7, 11) is 0. The number of para-hydroxylation sites is 1. The van der Waals surface area contributed by atoms with E-state index in [2.05, 4.69) is 10.6 Å². The number of aliphatic hydroxyl groups excluding tert-OH is 1. The van der Waals surface area contributed by atoms with Crippen LogP contribution in [0.2, 0.25) is 0 Å². The SMILES string of the molecule is CCCCOC(=O)c1ccccc1NC(=O)/C(C#N)=C\NC(C)(C)CO. The Balaban J connectivity index is 2.90. The zero-order valence-corrected chi connectivity index (χ0v) is 15.3. The second-order valence-electron chi connectivity index (χ2n) is 6.35.